The average molecular weight is 288 g/mol. The van der Waals surface area contributed by atoms with E-state index in [1.807, 2.05) is 0 Å². The second-order valence-electron chi connectivity index (χ2n) is 7.40. The van der Waals surface area contributed by atoms with E-state index in [9.17, 15) is 4.79 Å². The van der Waals surface area contributed by atoms with Gasteiger partial charge in [-0.15, -0.1) is 0 Å². The average Bonchev–Trinajstić information content (AvgIpc) is 2.42. The molecule has 0 spiro atoms. The third kappa shape index (κ3) is 3.94. The summed E-state index contributed by atoms with van der Waals surface area (Å²) in [6.45, 7) is 12.4. The van der Waals surface area contributed by atoms with Gasteiger partial charge in [-0.1, -0.05) is 32.9 Å². The van der Waals surface area contributed by atoms with Crippen molar-refractivity contribution in [3.63, 3.8) is 0 Å². The molecule has 2 nitrogen and oxygen atoms in total. The van der Waals surface area contributed by atoms with Crippen LogP contribution < -0.4 is 0 Å². The Hall–Kier alpha value is -1.15. The lowest BCUT2D eigenvalue weighted by Crippen LogP contribution is -2.27. The van der Waals surface area contributed by atoms with Crippen LogP contribution in [0.2, 0.25) is 0 Å². The highest BCUT2D eigenvalue weighted by Gasteiger charge is 2.23. The van der Waals surface area contributed by atoms with Gasteiger partial charge in [0.2, 0.25) is 0 Å². The van der Waals surface area contributed by atoms with Crippen molar-refractivity contribution in [2.75, 3.05) is 13.2 Å². The highest BCUT2D eigenvalue weighted by atomic mass is 16.5. The fraction of sp³-hybridized carbons (Fsp3) is 0.632. The molecule has 21 heavy (non-hydrogen) atoms. The molecule has 0 aromatic heterocycles. The van der Waals surface area contributed by atoms with Crippen molar-refractivity contribution in [2.45, 2.75) is 59.3 Å². The highest BCUT2D eigenvalue weighted by Crippen LogP contribution is 2.28. The quantitative estimate of drug-likeness (QED) is 0.835. The molecule has 1 aliphatic rings. The molecule has 1 aliphatic heterocycles. The highest BCUT2D eigenvalue weighted by molar-refractivity contribution is 5.84. The van der Waals surface area contributed by atoms with Gasteiger partial charge in [0.05, 0.1) is 6.61 Å². The predicted octanol–water partition coefficient (Wildman–Crippen LogP) is 4.14. The number of hydrogen-bond acceptors (Lipinski definition) is 2. The molecule has 116 valence electrons. The number of carbonyl (C=O) groups excluding carboxylic acids is 1. The van der Waals surface area contributed by atoms with Gasteiger partial charge >= 0.3 is 0 Å². The van der Waals surface area contributed by atoms with Crippen molar-refractivity contribution in [1.82, 2.24) is 0 Å². The summed E-state index contributed by atoms with van der Waals surface area (Å²) in [5, 5.41) is 0. The Kier molecular flexibility index (Phi) is 4.88. The number of carbonyl (C=O) groups is 1. The summed E-state index contributed by atoms with van der Waals surface area (Å²) in [5.41, 5.74) is 5.18. The molecule has 1 unspecified atom stereocenters. The third-order valence-electron chi connectivity index (χ3n) is 4.53. The molecule has 0 amide bonds. The summed E-state index contributed by atoms with van der Waals surface area (Å²) in [6, 6.07) is 4.49. The molecule has 2 heteroatoms. The number of ether oxygens (including phenoxy) is 1. The van der Waals surface area contributed by atoms with Crippen molar-refractivity contribution in [3.05, 3.63) is 34.4 Å². The zero-order valence-corrected chi connectivity index (χ0v) is 14.1. The van der Waals surface area contributed by atoms with E-state index >= 15 is 0 Å². The fourth-order valence-electron chi connectivity index (χ4n) is 3.02. The topological polar surface area (TPSA) is 26.3 Å². The van der Waals surface area contributed by atoms with E-state index < -0.39 is 0 Å². The van der Waals surface area contributed by atoms with Crippen LogP contribution in [0.5, 0.6) is 0 Å². The minimum Gasteiger partial charge on any atom is -0.381 e. The molecule has 1 aromatic rings. The van der Waals surface area contributed by atoms with Gasteiger partial charge in [-0.05, 0) is 54.4 Å². The summed E-state index contributed by atoms with van der Waals surface area (Å²) >= 11 is 0. The monoisotopic (exact) mass is 288 g/mol. The normalized spacial score (nSPS) is 19.6. The van der Waals surface area contributed by atoms with Crippen LogP contribution in [0.25, 0.3) is 0 Å². The second-order valence-corrected chi connectivity index (χ2v) is 7.40. The standard InChI is InChI=1S/C19H28O2/c1-13-9-16(19(3,4)5)10-14(2)17(13)11-18(20)15-7-6-8-21-12-15/h9-10,15H,6-8,11-12H2,1-5H3. The van der Waals surface area contributed by atoms with Crippen LogP contribution in [0.4, 0.5) is 0 Å². The SMILES string of the molecule is Cc1cc(C(C)(C)C)cc(C)c1CC(=O)C1CCCOC1. The van der Waals surface area contributed by atoms with E-state index in [1.165, 1.54) is 22.3 Å². The van der Waals surface area contributed by atoms with Gasteiger partial charge in [0.1, 0.15) is 5.78 Å². The summed E-state index contributed by atoms with van der Waals surface area (Å²) < 4.78 is 5.44. The van der Waals surface area contributed by atoms with Gasteiger partial charge in [0, 0.05) is 18.9 Å². The van der Waals surface area contributed by atoms with E-state index in [0.717, 1.165) is 19.4 Å². The molecular formula is C19H28O2. The lowest BCUT2D eigenvalue weighted by Gasteiger charge is -2.24. The summed E-state index contributed by atoms with van der Waals surface area (Å²) in [4.78, 5) is 12.5. The van der Waals surface area contributed by atoms with E-state index in [4.69, 9.17) is 4.74 Å². The summed E-state index contributed by atoms with van der Waals surface area (Å²) in [5.74, 6) is 0.434. The van der Waals surface area contributed by atoms with Crippen LogP contribution in [-0.4, -0.2) is 19.0 Å². The zero-order chi connectivity index (χ0) is 15.6. The van der Waals surface area contributed by atoms with Crippen molar-refractivity contribution in [1.29, 1.82) is 0 Å². The molecule has 0 bridgehead atoms. The van der Waals surface area contributed by atoms with Crippen LogP contribution in [0.15, 0.2) is 12.1 Å². The first-order valence-corrected chi connectivity index (χ1v) is 8.00. The number of hydrogen-bond donors (Lipinski definition) is 0. The molecule has 0 radical (unpaired) electrons. The minimum atomic E-state index is 0.0971. The Balaban J connectivity index is 2.18. The van der Waals surface area contributed by atoms with Crippen LogP contribution >= 0.6 is 0 Å². The van der Waals surface area contributed by atoms with Crippen molar-refractivity contribution >= 4 is 5.78 Å². The smallest absolute Gasteiger partial charge is 0.142 e. The van der Waals surface area contributed by atoms with Crippen LogP contribution in [0.1, 0.15) is 55.9 Å². The molecule has 0 N–H and O–H groups in total. The minimum absolute atomic E-state index is 0.0971. The van der Waals surface area contributed by atoms with E-state index in [0.29, 0.717) is 18.8 Å². The third-order valence-corrected chi connectivity index (χ3v) is 4.53. The molecule has 1 aromatic carbocycles. The van der Waals surface area contributed by atoms with Crippen LogP contribution in [0, 0.1) is 19.8 Å². The van der Waals surface area contributed by atoms with Gasteiger partial charge < -0.3 is 4.74 Å². The Morgan fingerprint density at radius 1 is 1.24 bits per heavy atom. The fourth-order valence-corrected chi connectivity index (χ4v) is 3.02. The lowest BCUT2D eigenvalue weighted by molar-refractivity contribution is -0.126. The molecule has 1 heterocycles. The Bertz CT molecular complexity index is 494. The van der Waals surface area contributed by atoms with Crippen molar-refractivity contribution < 1.29 is 9.53 Å². The van der Waals surface area contributed by atoms with Crippen molar-refractivity contribution in [3.8, 4) is 0 Å². The number of rotatable bonds is 3. The van der Waals surface area contributed by atoms with E-state index in [2.05, 4.69) is 46.8 Å². The summed E-state index contributed by atoms with van der Waals surface area (Å²) in [6.07, 6.45) is 2.55. The van der Waals surface area contributed by atoms with Gasteiger partial charge in [-0.2, -0.15) is 0 Å². The maximum absolute atomic E-state index is 12.5. The number of aryl methyl sites for hydroxylation is 2. The Labute approximate surface area is 128 Å². The van der Waals surface area contributed by atoms with E-state index in [-0.39, 0.29) is 11.3 Å². The summed E-state index contributed by atoms with van der Waals surface area (Å²) in [7, 11) is 0. The Morgan fingerprint density at radius 2 is 1.86 bits per heavy atom. The first-order valence-electron chi connectivity index (χ1n) is 8.00. The zero-order valence-electron chi connectivity index (χ0n) is 14.1. The largest absolute Gasteiger partial charge is 0.381 e. The number of benzene rings is 1. The molecule has 1 saturated heterocycles. The number of ketones is 1. The van der Waals surface area contributed by atoms with Crippen LogP contribution in [0.3, 0.4) is 0 Å². The predicted molar refractivity (Wildman–Crippen MR) is 86.9 cm³/mol. The van der Waals surface area contributed by atoms with Gasteiger partial charge in [-0.25, -0.2) is 0 Å². The second kappa shape index (κ2) is 6.31. The van der Waals surface area contributed by atoms with E-state index in [1.54, 1.807) is 0 Å². The molecule has 1 atom stereocenters. The molecule has 1 fully saturated rings. The maximum Gasteiger partial charge on any atom is 0.142 e. The first kappa shape index (κ1) is 16.2. The van der Waals surface area contributed by atoms with Crippen LogP contribution in [-0.2, 0) is 21.4 Å². The van der Waals surface area contributed by atoms with Gasteiger partial charge in [0.25, 0.3) is 0 Å². The lowest BCUT2D eigenvalue weighted by atomic mass is 9.82. The Morgan fingerprint density at radius 3 is 2.33 bits per heavy atom. The molecule has 0 aliphatic carbocycles. The van der Waals surface area contributed by atoms with Gasteiger partial charge in [0.15, 0.2) is 0 Å². The molecule has 2 rings (SSSR count). The van der Waals surface area contributed by atoms with Gasteiger partial charge in [-0.3, -0.25) is 4.79 Å². The first-order chi connectivity index (χ1) is 9.79. The number of Topliss-reactive ketones (excluding diaryl/α,β-unsaturated/α-hetero) is 1. The van der Waals surface area contributed by atoms with Crippen molar-refractivity contribution in [2.24, 2.45) is 5.92 Å². The molecular weight excluding hydrogens is 260 g/mol. The maximum atomic E-state index is 12.5. The molecule has 0 saturated carbocycles.